The lowest BCUT2D eigenvalue weighted by molar-refractivity contribution is -0.108. The summed E-state index contributed by atoms with van der Waals surface area (Å²) in [4.78, 5) is 10.8. The second-order valence-corrected chi connectivity index (χ2v) is 3.95. The Morgan fingerprint density at radius 2 is 2.07 bits per heavy atom. The Morgan fingerprint density at radius 1 is 1.33 bits per heavy atom. The highest BCUT2D eigenvalue weighted by molar-refractivity contribution is 9.09. The Labute approximate surface area is 96.5 Å². The van der Waals surface area contributed by atoms with Crippen molar-refractivity contribution in [2.75, 3.05) is 18.5 Å². The maximum Gasteiger partial charge on any atom is 0.161 e. The van der Waals surface area contributed by atoms with Crippen LogP contribution in [0.15, 0.2) is 18.2 Å². The van der Waals surface area contributed by atoms with Crippen LogP contribution in [0.3, 0.4) is 0 Å². The fraction of sp³-hybridized carbons (Fsp3) is 0.364. The highest BCUT2D eigenvalue weighted by atomic mass is 79.9. The molecule has 0 spiro atoms. The van der Waals surface area contributed by atoms with Crippen molar-refractivity contribution in [1.82, 2.24) is 0 Å². The molecule has 0 saturated heterocycles. The molecule has 15 heavy (non-hydrogen) atoms. The van der Waals surface area contributed by atoms with Crippen LogP contribution in [0.2, 0.25) is 0 Å². The number of aldehydes is 1. The van der Waals surface area contributed by atoms with Crippen molar-refractivity contribution in [3.8, 4) is 11.5 Å². The summed E-state index contributed by atoms with van der Waals surface area (Å²) in [5, 5.41) is 0.621. The zero-order chi connectivity index (χ0) is 10.7. The fourth-order valence-electron chi connectivity index (χ4n) is 1.49. The predicted octanol–water partition coefficient (Wildman–Crippen LogP) is 2.14. The Morgan fingerprint density at radius 3 is 2.73 bits per heavy atom. The highest BCUT2D eigenvalue weighted by Gasteiger charge is 2.15. The first-order valence-electron chi connectivity index (χ1n) is 4.76. The minimum absolute atomic E-state index is 0.124. The monoisotopic (exact) mass is 270 g/mol. The van der Waals surface area contributed by atoms with Crippen LogP contribution in [-0.4, -0.2) is 24.8 Å². The number of benzene rings is 1. The maximum absolute atomic E-state index is 10.8. The van der Waals surface area contributed by atoms with Crippen molar-refractivity contribution in [2.45, 2.75) is 5.92 Å². The molecular weight excluding hydrogens is 260 g/mol. The van der Waals surface area contributed by atoms with Gasteiger partial charge in [-0.1, -0.05) is 22.0 Å². The van der Waals surface area contributed by atoms with Gasteiger partial charge in [0, 0.05) is 11.2 Å². The number of carbonyl (C=O) groups excluding carboxylic acids is 1. The van der Waals surface area contributed by atoms with Crippen LogP contribution in [0.4, 0.5) is 0 Å². The zero-order valence-corrected chi connectivity index (χ0v) is 9.70. The van der Waals surface area contributed by atoms with E-state index in [1.807, 2.05) is 18.2 Å². The second kappa shape index (κ2) is 4.66. The molecule has 2 rings (SSSR count). The Hall–Kier alpha value is -1.03. The van der Waals surface area contributed by atoms with Gasteiger partial charge in [-0.3, -0.25) is 0 Å². The number of carbonyl (C=O) groups is 1. The lowest BCUT2D eigenvalue weighted by atomic mass is 10.0. The standard InChI is InChI=1S/C11H11BrO3/c12-6-9(7-13)8-1-2-10-11(5-8)15-4-3-14-10/h1-2,5,7,9H,3-4,6H2. The number of hydrogen-bond acceptors (Lipinski definition) is 3. The van der Waals surface area contributed by atoms with Crippen molar-refractivity contribution in [2.24, 2.45) is 0 Å². The molecule has 3 nitrogen and oxygen atoms in total. The van der Waals surface area contributed by atoms with Gasteiger partial charge < -0.3 is 14.3 Å². The number of fused-ring (bicyclic) bond motifs is 1. The number of hydrogen-bond donors (Lipinski definition) is 0. The number of alkyl halides is 1. The van der Waals surface area contributed by atoms with Crippen LogP contribution in [0, 0.1) is 0 Å². The van der Waals surface area contributed by atoms with E-state index in [1.54, 1.807) is 0 Å². The number of halogens is 1. The van der Waals surface area contributed by atoms with Gasteiger partial charge in [-0.15, -0.1) is 0 Å². The van der Waals surface area contributed by atoms with Gasteiger partial charge in [0.15, 0.2) is 11.5 Å². The summed E-state index contributed by atoms with van der Waals surface area (Å²) in [6.45, 7) is 1.15. The molecule has 1 unspecified atom stereocenters. The van der Waals surface area contributed by atoms with E-state index < -0.39 is 0 Å². The largest absolute Gasteiger partial charge is 0.486 e. The molecule has 1 aliphatic heterocycles. The lowest BCUT2D eigenvalue weighted by Crippen LogP contribution is -2.15. The molecule has 1 heterocycles. The summed E-state index contributed by atoms with van der Waals surface area (Å²) in [5.74, 6) is 1.36. The lowest BCUT2D eigenvalue weighted by Gasteiger charge is -2.19. The molecule has 0 radical (unpaired) electrons. The molecule has 80 valence electrons. The van der Waals surface area contributed by atoms with Gasteiger partial charge in [0.25, 0.3) is 0 Å². The first-order valence-corrected chi connectivity index (χ1v) is 5.88. The first kappa shape index (κ1) is 10.5. The van der Waals surface area contributed by atoms with E-state index in [0.717, 1.165) is 23.3 Å². The third-order valence-electron chi connectivity index (χ3n) is 2.32. The fourth-order valence-corrected chi connectivity index (χ4v) is 2.02. The summed E-state index contributed by atoms with van der Waals surface area (Å²) in [6.07, 6.45) is 0.931. The van der Waals surface area contributed by atoms with Gasteiger partial charge >= 0.3 is 0 Å². The summed E-state index contributed by atoms with van der Waals surface area (Å²) < 4.78 is 10.8. The normalized spacial score (nSPS) is 15.8. The van der Waals surface area contributed by atoms with Crippen LogP contribution < -0.4 is 9.47 Å². The van der Waals surface area contributed by atoms with Crippen molar-refractivity contribution in [3.63, 3.8) is 0 Å². The topological polar surface area (TPSA) is 35.5 Å². The Bertz CT molecular complexity index is 365. The molecule has 0 N–H and O–H groups in total. The minimum Gasteiger partial charge on any atom is -0.486 e. The van der Waals surface area contributed by atoms with Gasteiger partial charge in [-0.25, -0.2) is 0 Å². The van der Waals surface area contributed by atoms with Crippen molar-refractivity contribution >= 4 is 22.2 Å². The average molecular weight is 271 g/mol. The molecule has 0 aromatic heterocycles. The number of rotatable bonds is 3. The predicted molar refractivity (Wildman–Crippen MR) is 60.0 cm³/mol. The Kier molecular flexibility index (Phi) is 3.26. The molecule has 0 fully saturated rings. The van der Waals surface area contributed by atoms with Crippen LogP contribution >= 0.6 is 15.9 Å². The molecule has 1 aliphatic rings. The first-order chi connectivity index (χ1) is 7.35. The summed E-state index contributed by atoms with van der Waals surface area (Å²) >= 11 is 3.31. The van der Waals surface area contributed by atoms with E-state index in [1.165, 1.54) is 0 Å². The molecule has 0 aliphatic carbocycles. The summed E-state index contributed by atoms with van der Waals surface area (Å²) in [5.41, 5.74) is 0.950. The van der Waals surface area contributed by atoms with Crippen molar-refractivity contribution in [1.29, 1.82) is 0 Å². The van der Waals surface area contributed by atoms with E-state index in [9.17, 15) is 4.79 Å². The Balaban J connectivity index is 2.30. The minimum atomic E-state index is -0.124. The van der Waals surface area contributed by atoms with Gasteiger partial charge in [0.1, 0.15) is 19.5 Å². The quantitative estimate of drug-likeness (QED) is 0.624. The van der Waals surface area contributed by atoms with E-state index in [2.05, 4.69) is 15.9 Å². The molecular formula is C11H11BrO3. The molecule has 0 saturated carbocycles. The van der Waals surface area contributed by atoms with Gasteiger partial charge in [-0.2, -0.15) is 0 Å². The van der Waals surface area contributed by atoms with Crippen LogP contribution in [0.1, 0.15) is 11.5 Å². The maximum atomic E-state index is 10.8. The SMILES string of the molecule is O=CC(CBr)c1ccc2c(c1)OCCO2. The van der Waals surface area contributed by atoms with E-state index in [-0.39, 0.29) is 5.92 Å². The van der Waals surface area contributed by atoms with Gasteiger partial charge in [0.05, 0.1) is 0 Å². The summed E-state index contributed by atoms with van der Waals surface area (Å²) in [7, 11) is 0. The summed E-state index contributed by atoms with van der Waals surface area (Å²) in [6, 6.07) is 5.62. The van der Waals surface area contributed by atoms with E-state index in [0.29, 0.717) is 18.5 Å². The third-order valence-corrected chi connectivity index (χ3v) is 3.02. The van der Waals surface area contributed by atoms with Crippen LogP contribution in [0.25, 0.3) is 0 Å². The molecule has 0 bridgehead atoms. The third kappa shape index (κ3) is 2.15. The zero-order valence-electron chi connectivity index (χ0n) is 8.11. The molecule has 1 aromatic rings. The van der Waals surface area contributed by atoms with Gasteiger partial charge in [-0.05, 0) is 17.7 Å². The molecule has 4 heteroatoms. The average Bonchev–Trinajstić information content (AvgIpc) is 2.30. The smallest absolute Gasteiger partial charge is 0.161 e. The van der Waals surface area contributed by atoms with Crippen LogP contribution in [0.5, 0.6) is 11.5 Å². The molecule has 1 atom stereocenters. The van der Waals surface area contributed by atoms with E-state index >= 15 is 0 Å². The molecule has 1 aromatic carbocycles. The van der Waals surface area contributed by atoms with Crippen LogP contribution in [-0.2, 0) is 4.79 Å². The second-order valence-electron chi connectivity index (χ2n) is 3.30. The highest BCUT2D eigenvalue weighted by Crippen LogP contribution is 2.33. The number of ether oxygens (including phenoxy) is 2. The van der Waals surface area contributed by atoms with Crippen molar-refractivity contribution in [3.05, 3.63) is 23.8 Å². The van der Waals surface area contributed by atoms with E-state index in [4.69, 9.17) is 9.47 Å². The molecule has 0 amide bonds. The van der Waals surface area contributed by atoms with Crippen molar-refractivity contribution < 1.29 is 14.3 Å². The van der Waals surface area contributed by atoms with Gasteiger partial charge in [0.2, 0.25) is 0 Å².